The summed E-state index contributed by atoms with van der Waals surface area (Å²) in [4.78, 5) is 29.4. The smallest absolute Gasteiger partial charge is 0.352 e. The highest BCUT2D eigenvalue weighted by Crippen LogP contribution is 2.25. The molecule has 0 aliphatic rings. The normalized spacial score (nSPS) is 10.9. The standard InChI is InChI=1S/C22H24N2O3/c1-3-13-24(16-11-9-15(4-2)10-12-16)20(25)14-18-17-7-5-6-8-19(17)23-21(18)22(26)27/h5-12,23H,3-4,13-14H2,1-2H3,(H,26,27). The number of amides is 1. The second kappa shape index (κ2) is 8.08. The molecule has 0 aliphatic heterocycles. The second-order valence-corrected chi connectivity index (χ2v) is 6.57. The Hall–Kier alpha value is -3.08. The molecule has 1 amide bonds. The van der Waals surface area contributed by atoms with Gasteiger partial charge in [-0.1, -0.05) is 44.2 Å². The summed E-state index contributed by atoms with van der Waals surface area (Å²) in [5.41, 5.74) is 3.41. The van der Waals surface area contributed by atoms with E-state index in [0.717, 1.165) is 29.4 Å². The molecule has 0 radical (unpaired) electrons. The fourth-order valence-electron chi connectivity index (χ4n) is 3.35. The number of nitrogens with one attached hydrogen (secondary N) is 1. The number of rotatable bonds is 7. The van der Waals surface area contributed by atoms with E-state index in [0.29, 0.717) is 12.1 Å². The van der Waals surface area contributed by atoms with Gasteiger partial charge in [0, 0.05) is 28.7 Å². The van der Waals surface area contributed by atoms with E-state index in [1.165, 1.54) is 5.56 Å². The van der Waals surface area contributed by atoms with Crippen molar-refractivity contribution in [3.05, 3.63) is 65.4 Å². The van der Waals surface area contributed by atoms with Crippen molar-refractivity contribution in [3.63, 3.8) is 0 Å². The van der Waals surface area contributed by atoms with Crippen LogP contribution < -0.4 is 4.90 Å². The molecule has 5 nitrogen and oxygen atoms in total. The first-order valence-corrected chi connectivity index (χ1v) is 9.27. The quantitative estimate of drug-likeness (QED) is 0.652. The SMILES string of the molecule is CCCN(C(=O)Cc1c(C(=O)O)[nH]c2ccccc12)c1ccc(CC)cc1. The lowest BCUT2D eigenvalue weighted by atomic mass is 10.1. The number of fused-ring (bicyclic) bond motifs is 1. The highest BCUT2D eigenvalue weighted by atomic mass is 16.4. The molecule has 0 spiro atoms. The number of para-hydroxylation sites is 1. The average Bonchev–Trinajstić information content (AvgIpc) is 3.05. The number of H-pyrrole nitrogens is 1. The van der Waals surface area contributed by atoms with Crippen LogP contribution in [0, 0.1) is 0 Å². The van der Waals surface area contributed by atoms with Crippen molar-refractivity contribution in [1.29, 1.82) is 0 Å². The first-order chi connectivity index (χ1) is 13.0. The summed E-state index contributed by atoms with van der Waals surface area (Å²) in [6.07, 6.45) is 1.81. The summed E-state index contributed by atoms with van der Waals surface area (Å²) in [6, 6.07) is 15.3. The van der Waals surface area contributed by atoms with E-state index < -0.39 is 5.97 Å². The van der Waals surface area contributed by atoms with Gasteiger partial charge in [-0.05, 0) is 36.6 Å². The van der Waals surface area contributed by atoms with Crippen LogP contribution in [0.2, 0.25) is 0 Å². The van der Waals surface area contributed by atoms with E-state index in [1.54, 1.807) is 4.90 Å². The predicted octanol–water partition coefficient (Wildman–Crippen LogP) is 4.41. The van der Waals surface area contributed by atoms with Gasteiger partial charge in [0.2, 0.25) is 5.91 Å². The van der Waals surface area contributed by atoms with Gasteiger partial charge in [0.15, 0.2) is 0 Å². The molecule has 0 atom stereocenters. The van der Waals surface area contributed by atoms with Gasteiger partial charge in [-0.25, -0.2) is 4.79 Å². The highest BCUT2D eigenvalue weighted by Gasteiger charge is 2.22. The number of aromatic carboxylic acids is 1. The van der Waals surface area contributed by atoms with Gasteiger partial charge in [0.05, 0.1) is 6.42 Å². The van der Waals surface area contributed by atoms with Crippen LogP contribution >= 0.6 is 0 Å². The van der Waals surface area contributed by atoms with E-state index in [4.69, 9.17) is 0 Å². The van der Waals surface area contributed by atoms with Crippen LogP contribution in [0.3, 0.4) is 0 Å². The Morgan fingerprint density at radius 3 is 2.37 bits per heavy atom. The van der Waals surface area contributed by atoms with Gasteiger partial charge in [-0.2, -0.15) is 0 Å². The van der Waals surface area contributed by atoms with Crippen LogP contribution in [0.15, 0.2) is 48.5 Å². The summed E-state index contributed by atoms with van der Waals surface area (Å²) >= 11 is 0. The van der Waals surface area contributed by atoms with Crippen LogP contribution in [-0.4, -0.2) is 28.5 Å². The molecule has 0 aliphatic carbocycles. The molecule has 27 heavy (non-hydrogen) atoms. The Bertz CT molecular complexity index is 957. The summed E-state index contributed by atoms with van der Waals surface area (Å²) in [7, 11) is 0. The van der Waals surface area contributed by atoms with Crippen molar-refractivity contribution < 1.29 is 14.7 Å². The molecule has 2 aromatic carbocycles. The number of carboxylic acid groups (broad SMARTS) is 1. The van der Waals surface area contributed by atoms with Crippen molar-refractivity contribution in [2.45, 2.75) is 33.1 Å². The first-order valence-electron chi connectivity index (χ1n) is 9.27. The number of aryl methyl sites for hydroxylation is 1. The fraction of sp³-hybridized carbons (Fsp3) is 0.273. The largest absolute Gasteiger partial charge is 0.477 e. The summed E-state index contributed by atoms with van der Waals surface area (Å²) in [5, 5.41) is 10.3. The Morgan fingerprint density at radius 2 is 1.74 bits per heavy atom. The maximum atomic E-state index is 13.1. The summed E-state index contributed by atoms with van der Waals surface area (Å²) < 4.78 is 0. The van der Waals surface area contributed by atoms with E-state index in [2.05, 4.69) is 11.9 Å². The van der Waals surface area contributed by atoms with Crippen LogP contribution in [0.4, 0.5) is 5.69 Å². The molecule has 0 fully saturated rings. The Labute approximate surface area is 158 Å². The van der Waals surface area contributed by atoms with E-state index in [1.807, 2.05) is 55.5 Å². The number of carbonyl (C=O) groups excluding carboxylic acids is 1. The number of aromatic amines is 1. The predicted molar refractivity (Wildman–Crippen MR) is 107 cm³/mol. The van der Waals surface area contributed by atoms with Gasteiger partial charge in [-0.15, -0.1) is 0 Å². The first kappa shape index (κ1) is 18.7. The van der Waals surface area contributed by atoms with Crippen molar-refractivity contribution in [1.82, 2.24) is 4.98 Å². The minimum absolute atomic E-state index is 0.0428. The third kappa shape index (κ3) is 3.87. The number of hydrogen-bond donors (Lipinski definition) is 2. The van der Waals surface area contributed by atoms with Crippen molar-refractivity contribution >= 4 is 28.5 Å². The molecule has 0 unspecified atom stereocenters. The number of carboxylic acids is 1. The van der Waals surface area contributed by atoms with Gasteiger partial charge in [0.1, 0.15) is 5.69 Å². The zero-order valence-electron chi connectivity index (χ0n) is 15.7. The fourth-order valence-corrected chi connectivity index (χ4v) is 3.35. The molecule has 1 aromatic heterocycles. The van der Waals surface area contributed by atoms with Crippen molar-refractivity contribution in [3.8, 4) is 0 Å². The molecule has 3 rings (SSSR count). The molecule has 0 saturated heterocycles. The van der Waals surface area contributed by atoms with Crippen LogP contribution in [-0.2, 0) is 17.6 Å². The minimum Gasteiger partial charge on any atom is -0.477 e. The van der Waals surface area contributed by atoms with E-state index in [-0.39, 0.29) is 18.0 Å². The maximum absolute atomic E-state index is 13.1. The molecule has 0 saturated carbocycles. The number of benzene rings is 2. The Morgan fingerprint density at radius 1 is 1.04 bits per heavy atom. The topological polar surface area (TPSA) is 73.4 Å². The second-order valence-electron chi connectivity index (χ2n) is 6.57. The van der Waals surface area contributed by atoms with Gasteiger partial charge in [0.25, 0.3) is 0 Å². The Kier molecular flexibility index (Phi) is 5.60. The third-order valence-electron chi connectivity index (χ3n) is 4.76. The molecule has 140 valence electrons. The lowest BCUT2D eigenvalue weighted by Crippen LogP contribution is -2.33. The van der Waals surface area contributed by atoms with E-state index in [9.17, 15) is 14.7 Å². The Balaban J connectivity index is 1.95. The number of hydrogen-bond acceptors (Lipinski definition) is 2. The monoisotopic (exact) mass is 364 g/mol. The average molecular weight is 364 g/mol. The van der Waals surface area contributed by atoms with E-state index >= 15 is 0 Å². The zero-order valence-corrected chi connectivity index (χ0v) is 15.7. The number of carbonyl (C=O) groups is 2. The third-order valence-corrected chi connectivity index (χ3v) is 4.76. The van der Waals surface area contributed by atoms with Crippen LogP contribution in [0.5, 0.6) is 0 Å². The summed E-state index contributed by atoms with van der Waals surface area (Å²) in [6.45, 7) is 4.71. The number of aromatic nitrogens is 1. The van der Waals surface area contributed by atoms with Gasteiger partial charge >= 0.3 is 5.97 Å². The van der Waals surface area contributed by atoms with Crippen LogP contribution in [0.25, 0.3) is 10.9 Å². The molecule has 5 heteroatoms. The lowest BCUT2D eigenvalue weighted by molar-refractivity contribution is -0.118. The molecular weight excluding hydrogens is 340 g/mol. The molecule has 0 bridgehead atoms. The highest BCUT2D eigenvalue weighted by molar-refractivity contribution is 6.03. The summed E-state index contributed by atoms with van der Waals surface area (Å²) in [5.74, 6) is -1.16. The van der Waals surface area contributed by atoms with Gasteiger partial charge in [-0.3, -0.25) is 4.79 Å². The van der Waals surface area contributed by atoms with Crippen molar-refractivity contribution in [2.75, 3.05) is 11.4 Å². The molecular formula is C22H24N2O3. The molecule has 2 N–H and O–H groups in total. The van der Waals surface area contributed by atoms with Crippen LogP contribution in [0.1, 0.15) is 41.9 Å². The lowest BCUT2D eigenvalue weighted by Gasteiger charge is -2.23. The van der Waals surface area contributed by atoms with Crippen molar-refractivity contribution in [2.24, 2.45) is 0 Å². The molecule has 3 aromatic rings. The van der Waals surface area contributed by atoms with Gasteiger partial charge < -0.3 is 15.0 Å². The number of nitrogens with zero attached hydrogens (tertiary/aromatic N) is 1. The maximum Gasteiger partial charge on any atom is 0.352 e. The number of anilines is 1. The molecule has 1 heterocycles. The zero-order chi connectivity index (χ0) is 19.4. The minimum atomic E-state index is -1.05.